The molecule has 1 saturated heterocycles. The van der Waals surface area contributed by atoms with E-state index in [1.54, 1.807) is 0 Å². The van der Waals surface area contributed by atoms with Crippen molar-refractivity contribution in [3.8, 4) is 0 Å². The van der Waals surface area contributed by atoms with Gasteiger partial charge in [-0.1, -0.05) is 141 Å². The van der Waals surface area contributed by atoms with Gasteiger partial charge < -0.3 is 50.5 Å². The van der Waals surface area contributed by atoms with Crippen molar-refractivity contribution in [1.29, 1.82) is 0 Å². The molecule has 0 aromatic rings. The maximum Gasteiger partial charge on any atom is 0.249 e. The molecule has 1 rings (SSSR count). The lowest BCUT2D eigenvalue weighted by atomic mass is 9.98. The van der Waals surface area contributed by atoms with Gasteiger partial charge in [0.15, 0.2) is 6.29 Å². The van der Waals surface area contributed by atoms with Gasteiger partial charge in [-0.25, -0.2) is 0 Å². The van der Waals surface area contributed by atoms with Crippen LogP contribution in [0.2, 0.25) is 0 Å². The van der Waals surface area contributed by atoms with E-state index in [1.165, 1.54) is 89.9 Å². The first kappa shape index (κ1) is 51.6. The van der Waals surface area contributed by atoms with Crippen LogP contribution in [0.1, 0.15) is 181 Å². The van der Waals surface area contributed by atoms with E-state index in [0.717, 1.165) is 51.4 Å². The summed E-state index contributed by atoms with van der Waals surface area (Å²) in [7, 11) is 0. The Kier molecular flexibility index (Phi) is 32.5. The minimum atomic E-state index is -1.67. The van der Waals surface area contributed by atoms with Crippen LogP contribution in [0.15, 0.2) is 24.3 Å². The van der Waals surface area contributed by atoms with Gasteiger partial charge in [-0.15, -0.1) is 0 Å². The Morgan fingerprint density at radius 3 is 1.60 bits per heavy atom. The van der Waals surface area contributed by atoms with Crippen LogP contribution in [0, 0.1) is 0 Å². The van der Waals surface area contributed by atoms with Crippen molar-refractivity contribution >= 4 is 5.91 Å². The van der Waals surface area contributed by atoms with Gasteiger partial charge in [0, 0.05) is 0 Å². The van der Waals surface area contributed by atoms with E-state index in [1.807, 2.05) is 0 Å². The standard InChI is InChI=1S/C44H83NO10/c1-3-5-7-9-11-13-15-16-17-18-19-20-22-23-25-27-29-31-36(47)39(49)35(34-54-44-42(52)41(51)40(50)38(33-46)55-44)45-43(53)37(48)32-30-28-26-24-21-14-12-10-8-6-4-2/h12,14,23,25,35-42,44,46-52H,3-11,13,15-22,24,26-34H2,1-2H3,(H,45,53)/b14-12-,25-23+. The molecule has 0 saturated carbocycles. The minimum absolute atomic E-state index is 0.239. The summed E-state index contributed by atoms with van der Waals surface area (Å²) < 4.78 is 11.0. The fraction of sp³-hybridized carbons (Fsp3) is 0.886. The third kappa shape index (κ3) is 24.9. The summed E-state index contributed by atoms with van der Waals surface area (Å²) in [5, 5.41) is 75.4. The Bertz CT molecular complexity index is 950. The summed E-state index contributed by atoms with van der Waals surface area (Å²) in [6, 6.07) is -1.19. The van der Waals surface area contributed by atoms with Crippen molar-refractivity contribution in [2.24, 2.45) is 0 Å². The largest absolute Gasteiger partial charge is 0.394 e. The predicted molar refractivity (Wildman–Crippen MR) is 219 cm³/mol. The van der Waals surface area contributed by atoms with Crippen molar-refractivity contribution in [3.63, 3.8) is 0 Å². The molecule has 1 aliphatic rings. The van der Waals surface area contributed by atoms with Crippen molar-refractivity contribution < 1.29 is 50.0 Å². The van der Waals surface area contributed by atoms with Crippen molar-refractivity contribution in [2.75, 3.05) is 13.2 Å². The third-order valence-corrected chi connectivity index (χ3v) is 10.7. The second-order valence-electron chi connectivity index (χ2n) is 15.8. The second kappa shape index (κ2) is 34.6. The fourth-order valence-corrected chi connectivity index (χ4v) is 6.96. The molecular weight excluding hydrogens is 702 g/mol. The van der Waals surface area contributed by atoms with E-state index in [2.05, 4.69) is 43.5 Å². The number of amides is 1. The van der Waals surface area contributed by atoms with Crippen LogP contribution in [0.3, 0.4) is 0 Å². The highest BCUT2D eigenvalue weighted by Gasteiger charge is 2.44. The summed E-state index contributed by atoms with van der Waals surface area (Å²) in [6.07, 6.45) is 25.2. The van der Waals surface area contributed by atoms with E-state index in [-0.39, 0.29) is 12.8 Å². The number of aliphatic hydroxyl groups is 7. The molecule has 0 bridgehead atoms. The molecule has 0 aliphatic carbocycles. The molecule has 11 nitrogen and oxygen atoms in total. The Hall–Kier alpha value is -1.41. The Morgan fingerprint density at radius 2 is 1.07 bits per heavy atom. The highest BCUT2D eigenvalue weighted by atomic mass is 16.7. The number of ether oxygens (including phenoxy) is 2. The number of carbonyl (C=O) groups is 1. The van der Waals surface area contributed by atoms with Gasteiger partial charge in [0.25, 0.3) is 0 Å². The zero-order valence-electron chi connectivity index (χ0n) is 34.7. The molecule has 9 unspecified atom stereocenters. The number of carbonyl (C=O) groups excluding carboxylic acids is 1. The molecule has 0 spiro atoms. The van der Waals surface area contributed by atoms with E-state index in [4.69, 9.17) is 9.47 Å². The molecule has 0 radical (unpaired) electrons. The minimum Gasteiger partial charge on any atom is -0.394 e. The van der Waals surface area contributed by atoms with Gasteiger partial charge in [0.1, 0.15) is 36.6 Å². The summed E-state index contributed by atoms with van der Waals surface area (Å²) in [5.74, 6) is -0.718. The zero-order chi connectivity index (χ0) is 40.5. The summed E-state index contributed by atoms with van der Waals surface area (Å²) in [5.41, 5.74) is 0. The van der Waals surface area contributed by atoms with Crippen LogP contribution < -0.4 is 5.32 Å². The Balaban J connectivity index is 2.50. The molecule has 1 fully saturated rings. The number of allylic oxidation sites excluding steroid dienone is 4. The topological polar surface area (TPSA) is 189 Å². The molecule has 8 N–H and O–H groups in total. The highest BCUT2D eigenvalue weighted by Crippen LogP contribution is 2.23. The fourth-order valence-electron chi connectivity index (χ4n) is 6.96. The first-order chi connectivity index (χ1) is 26.7. The second-order valence-corrected chi connectivity index (χ2v) is 15.8. The van der Waals surface area contributed by atoms with Crippen molar-refractivity contribution in [1.82, 2.24) is 5.32 Å². The average molecular weight is 786 g/mol. The molecule has 324 valence electrons. The Labute approximate surface area is 334 Å². The Morgan fingerprint density at radius 1 is 0.618 bits per heavy atom. The predicted octanol–water partition coefficient (Wildman–Crippen LogP) is 6.67. The first-order valence-corrected chi connectivity index (χ1v) is 22.2. The van der Waals surface area contributed by atoms with Crippen LogP contribution in [0.25, 0.3) is 0 Å². The molecule has 0 aromatic carbocycles. The van der Waals surface area contributed by atoms with Gasteiger partial charge >= 0.3 is 0 Å². The van der Waals surface area contributed by atoms with Crippen molar-refractivity contribution in [3.05, 3.63) is 24.3 Å². The number of nitrogens with one attached hydrogen (secondary N) is 1. The summed E-state index contributed by atoms with van der Waals surface area (Å²) in [6.45, 7) is 3.37. The first-order valence-electron chi connectivity index (χ1n) is 22.2. The molecule has 1 aliphatic heterocycles. The van der Waals surface area contributed by atoms with E-state index in [9.17, 15) is 40.5 Å². The van der Waals surface area contributed by atoms with Crippen LogP contribution >= 0.6 is 0 Å². The van der Waals surface area contributed by atoms with Gasteiger partial charge in [-0.3, -0.25) is 4.79 Å². The molecule has 55 heavy (non-hydrogen) atoms. The number of rotatable bonds is 36. The van der Waals surface area contributed by atoms with Crippen LogP contribution in [-0.2, 0) is 14.3 Å². The smallest absolute Gasteiger partial charge is 0.249 e. The lowest BCUT2D eigenvalue weighted by Crippen LogP contribution is -2.60. The molecule has 1 heterocycles. The van der Waals surface area contributed by atoms with E-state index in [0.29, 0.717) is 12.8 Å². The third-order valence-electron chi connectivity index (χ3n) is 10.7. The number of aliphatic hydroxyl groups excluding tert-OH is 7. The van der Waals surface area contributed by atoms with Crippen LogP contribution in [0.4, 0.5) is 0 Å². The lowest BCUT2D eigenvalue weighted by molar-refractivity contribution is -0.303. The van der Waals surface area contributed by atoms with E-state index < -0.39 is 74.2 Å². The molecule has 9 atom stereocenters. The molecule has 11 heteroatoms. The van der Waals surface area contributed by atoms with E-state index >= 15 is 0 Å². The van der Waals surface area contributed by atoms with Crippen molar-refractivity contribution in [2.45, 2.75) is 236 Å². The number of unbranched alkanes of at least 4 members (excludes halogenated alkanes) is 20. The lowest BCUT2D eigenvalue weighted by Gasteiger charge is -2.40. The van der Waals surface area contributed by atoms with Gasteiger partial charge in [0.05, 0.1) is 25.4 Å². The highest BCUT2D eigenvalue weighted by molar-refractivity contribution is 5.80. The monoisotopic (exact) mass is 786 g/mol. The summed E-state index contributed by atoms with van der Waals surface area (Å²) >= 11 is 0. The summed E-state index contributed by atoms with van der Waals surface area (Å²) in [4.78, 5) is 13.0. The normalized spacial score (nSPS) is 22.7. The zero-order valence-corrected chi connectivity index (χ0v) is 34.7. The quantitative estimate of drug-likeness (QED) is 0.0252. The maximum absolute atomic E-state index is 13.0. The number of hydrogen-bond donors (Lipinski definition) is 8. The van der Waals surface area contributed by atoms with Gasteiger partial charge in [0.2, 0.25) is 5.91 Å². The SMILES string of the molecule is CCCCC/C=C\CCCCCCC(O)C(=O)NC(COC1OC(CO)C(O)C(O)C1O)C(O)C(O)CCC/C=C/CCCCCCCCCCCCCC. The number of hydrogen-bond acceptors (Lipinski definition) is 10. The maximum atomic E-state index is 13.0. The molecule has 1 amide bonds. The average Bonchev–Trinajstić information content (AvgIpc) is 3.18. The molecule has 0 aromatic heterocycles. The van der Waals surface area contributed by atoms with Gasteiger partial charge in [-0.2, -0.15) is 0 Å². The van der Waals surface area contributed by atoms with Gasteiger partial charge in [-0.05, 0) is 64.2 Å². The van der Waals surface area contributed by atoms with Crippen LogP contribution in [0.5, 0.6) is 0 Å². The molecular formula is C44H83NO10. The van der Waals surface area contributed by atoms with Crippen LogP contribution in [-0.4, -0.2) is 110 Å².